The minimum atomic E-state index is -1.26. The number of aromatic nitrogens is 2. The van der Waals surface area contributed by atoms with Gasteiger partial charge in [0.25, 0.3) is 5.56 Å². The summed E-state index contributed by atoms with van der Waals surface area (Å²) in [4.78, 5) is 27.6. The first kappa shape index (κ1) is 15.0. The number of benzene rings is 1. The molecule has 0 amide bonds. The zero-order valence-corrected chi connectivity index (χ0v) is 12.4. The molecular weight excluding hydrogens is 296 g/mol. The number of para-hydroxylation sites is 1. The van der Waals surface area contributed by atoms with Crippen LogP contribution in [0.2, 0.25) is 0 Å². The van der Waals surface area contributed by atoms with Crippen molar-refractivity contribution in [1.29, 1.82) is 0 Å². The van der Waals surface area contributed by atoms with E-state index in [1.807, 2.05) is 30.3 Å². The molecule has 3 rings (SSSR count). The molecule has 0 aliphatic carbocycles. The first-order chi connectivity index (χ1) is 11.2. The van der Waals surface area contributed by atoms with Gasteiger partial charge in [0.1, 0.15) is 11.3 Å². The van der Waals surface area contributed by atoms with Crippen LogP contribution in [-0.4, -0.2) is 26.3 Å². The molecule has 1 aliphatic heterocycles. The Labute approximate surface area is 132 Å². The first-order valence-corrected chi connectivity index (χ1v) is 7.38. The zero-order valence-electron chi connectivity index (χ0n) is 12.4. The molecule has 0 saturated carbocycles. The lowest BCUT2D eigenvalue weighted by molar-refractivity contribution is 0.0693. The Morgan fingerprint density at radius 1 is 1.26 bits per heavy atom. The average molecular weight is 312 g/mol. The second kappa shape index (κ2) is 6.43. The Balaban J connectivity index is 2.00. The van der Waals surface area contributed by atoms with Crippen molar-refractivity contribution in [2.24, 2.45) is 5.10 Å². The maximum absolute atomic E-state index is 12.3. The van der Waals surface area contributed by atoms with Crippen LogP contribution in [0.25, 0.3) is 0 Å². The summed E-state index contributed by atoms with van der Waals surface area (Å²) < 4.78 is 1.40. The van der Waals surface area contributed by atoms with Crippen molar-refractivity contribution in [3.63, 3.8) is 0 Å². The van der Waals surface area contributed by atoms with Crippen molar-refractivity contribution in [2.75, 3.05) is 5.43 Å². The van der Waals surface area contributed by atoms with Gasteiger partial charge in [-0.25, -0.2) is 9.78 Å². The van der Waals surface area contributed by atoms with Gasteiger partial charge in [0.05, 0.1) is 5.69 Å². The number of anilines is 1. The Bertz CT molecular complexity index is 812. The zero-order chi connectivity index (χ0) is 16.2. The van der Waals surface area contributed by atoms with Crippen LogP contribution in [0.15, 0.2) is 46.4 Å². The number of rotatable bonds is 3. The van der Waals surface area contributed by atoms with Crippen LogP contribution in [0.5, 0.6) is 0 Å². The molecule has 0 saturated heterocycles. The highest BCUT2D eigenvalue weighted by Gasteiger charge is 2.20. The van der Waals surface area contributed by atoms with Gasteiger partial charge in [0.15, 0.2) is 5.82 Å². The van der Waals surface area contributed by atoms with Gasteiger partial charge in [0.2, 0.25) is 0 Å². The van der Waals surface area contributed by atoms with E-state index in [9.17, 15) is 9.59 Å². The molecule has 2 N–H and O–H groups in total. The van der Waals surface area contributed by atoms with Crippen molar-refractivity contribution in [3.05, 3.63) is 58.3 Å². The fraction of sp³-hybridized carbons (Fsp3) is 0.250. The molecule has 0 atom stereocenters. The Hall–Kier alpha value is -2.96. The summed E-state index contributed by atoms with van der Waals surface area (Å²) >= 11 is 0. The van der Waals surface area contributed by atoms with Crippen molar-refractivity contribution >= 4 is 17.4 Å². The number of aromatic carboxylic acids is 1. The molecule has 0 unspecified atom stereocenters. The third-order valence-corrected chi connectivity index (χ3v) is 3.67. The third kappa shape index (κ3) is 3.13. The highest BCUT2D eigenvalue weighted by Crippen LogP contribution is 2.13. The summed E-state index contributed by atoms with van der Waals surface area (Å²) in [6.45, 7) is 0.451. The number of hydrogen-bond acceptors (Lipinski definition) is 5. The second-order valence-electron chi connectivity index (χ2n) is 5.25. The number of carboxylic acid groups (broad SMARTS) is 1. The molecule has 1 aromatic carbocycles. The predicted octanol–water partition coefficient (Wildman–Crippen LogP) is 1.94. The van der Waals surface area contributed by atoms with Crippen molar-refractivity contribution < 1.29 is 9.90 Å². The highest BCUT2D eigenvalue weighted by atomic mass is 16.4. The molecule has 118 valence electrons. The van der Waals surface area contributed by atoms with E-state index in [0.29, 0.717) is 24.5 Å². The van der Waals surface area contributed by atoms with E-state index in [4.69, 9.17) is 5.11 Å². The van der Waals surface area contributed by atoms with E-state index in [1.165, 1.54) is 4.57 Å². The SMILES string of the molecule is O=C(O)c1cnc2n(c1=O)CCCC/C2=N\Nc1ccccc1. The molecule has 0 radical (unpaired) electrons. The second-order valence-corrected chi connectivity index (χ2v) is 5.25. The monoisotopic (exact) mass is 312 g/mol. The maximum atomic E-state index is 12.3. The van der Waals surface area contributed by atoms with Crippen LogP contribution in [0, 0.1) is 0 Å². The van der Waals surface area contributed by atoms with Crippen molar-refractivity contribution in [1.82, 2.24) is 9.55 Å². The number of hydrazone groups is 1. The molecule has 2 aromatic rings. The van der Waals surface area contributed by atoms with E-state index in [0.717, 1.165) is 24.7 Å². The number of fused-ring (bicyclic) bond motifs is 1. The van der Waals surface area contributed by atoms with Gasteiger partial charge in [-0.2, -0.15) is 5.10 Å². The van der Waals surface area contributed by atoms with Gasteiger partial charge in [-0.15, -0.1) is 0 Å². The van der Waals surface area contributed by atoms with Gasteiger partial charge < -0.3 is 5.11 Å². The lowest BCUT2D eigenvalue weighted by atomic mass is 10.2. The molecule has 1 aromatic heterocycles. The topological polar surface area (TPSA) is 96.6 Å². The lowest BCUT2D eigenvalue weighted by Crippen LogP contribution is -2.31. The summed E-state index contributed by atoms with van der Waals surface area (Å²) in [5.41, 5.74) is 3.60. The number of hydrogen-bond donors (Lipinski definition) is 2. The summed E-state index contributed by atoms with van der Waals surface area (Å²) in [7, 11) is 0. The predicted molar refractivity (Wildman–Crippen MR) is 85.9 cm³/mol. The van der Waals surface area contributed by atoms with Crippen LogP contribution in [-0.2, 0) is 6.54 Å². The van der Waals surface area contributed by atoms with E-state index >= 15 is 0 Å². The molecule has 2 heterocycles. The van der Waals surface area contributed by atoms with Crippen LogP contribution in [0.1, 0.15) is 35.4 Å². The number of nitrogens with one attached hydrogen (secondary N) is 1. The molecule has 23 heavy (non-hydrogen) atoms. The van der Waals surface area contributed by atoms with E-state index in [-0.39, 0.29) is 5.56 Å². The van der Waals surface area contributed by atoms with E-state index in [2.05, 4.69) is 15.5 Å². The van der Waals surface area contributed by atoms with Crippen LogP contribution in [0.3, 0.4) is 0 Å². The van der Waals surface area contributed by atoms with E-state index in [1.54, 1.807) is 0 Å². The molecular formula is C16H16N4O3. The van der Waals surface area contributed by atoms with Crippen LogP contribution in [0.4, 0.5) is 5.69 Å². The third-order valence-electron chi connectivity index (χ3n) is 3.67. The number of carboxylic acids is 1. The van der Waals surface area contributed by atoms with Crippen LogP contribution >= 0.6 is 0 Å². The number of carbonyl (C=O) groups is 1. The summed E-state index contributed by atoms with van der Waals surface area (Å²) in [6.07, 6.45) is 3.43. The minimum Gasteiger partial charge on any atom is -0.477 e. The first-order valence-electron chi connectivity index (χ1n) is 7.38. The number of nitrogens with zero attached hydrogens (tertiary/aromatic N) is 3. The smallest absolute Gasteiger partial charge is 0.342 e. The summed E-state index contributed by atoms with van der Waals surface area (Å²) in [5, 5.41) is 13.4. The van der Waals surface area contributed by atoms with Crippen molar-refractivity contribution in [2.45, 2.75) is 25.8 Å². The Morgan fingerprint density at radius 3 is 2.78 bits per heavy atom. The summed E-state index contributed by atoms with van der Waals surface area (Å²) in [5.74, 6) is -0.830. The molecule has 0 bridgehead atoms. The largest absolute Gasteiger partial charge is 0.477 e. The average Bonchev–Trinajstić information content (AvgIpc) is 2.77. The quantitative estimate of drug-likeness (QED) is 0.844. The molecule has 7 nitrogen and oxygen atoms in total. The molecule has 0 spiro atoms. The molecule has 1 aliphatic rings. The molecule has 7 heteroatoms. The Kier molecular flexibility index (Phi) is 4.18. The maximum Gasteiger partial charge on any atom is 0.342 e. The lowest BCUT2D eigenvalue weighted by Gasteiger charge is -2.10. The van der Waals surface area contributed by atoms with Gasteiger partial charge >= 0.3 is 5.97 Å². The van der Waals surface area contributed by atoms with Gasteiger partial charge in [-0.1, -0.05) is 18.2 Å². The van der Waals surface area contributed by atoms with Crippen molar-refractivity contribution in [3.8, 4) is 0 Å². The minimum absolute atomic E-state index is 0.314. The fourth-order valence-electron chi connectivity index (χ4n) is 2.50. The van der Waals surface area contributed by atoms with Crippen LogP contribution < -0.4 is 11.0 Å². The van der Waals surface area contributed by atoms with Gasteiger partial charge in [-0.3, -0.25) is 14.8 Å². The Morgan fingerprint density at radius 2 is 2.04 bits per heavy atom. The summed E-state index contributed by atoms with van der Waals surface area (Å²) in [6, 6.07) is 9.47. The highest BCUT2D eigenvalue weighted by molar-refractivity contribution is 5.98. The van der Waals surface area contributed by atoms with Gasteiger partial charge in [0, 0.05) is 12.7 Å². The standard InChI is InChI=1S/C16H16N4O3/c21-15-12(16(22)23)10-17-14-13(8-4-5-9-20(14)15)19-18-11-6-2-1-3-7-11/h1-3,6-7,10,18H,4-5,8-9H2,(H,22,23)/b19-13+. The molecule has 0 fully saturated rings. The fourth-order valence-corrected chi connectivity index (χ4v) is 2.50. The van der Waals surface area contributed by atoms with E-state index < -0.39 is 11.5 Å². The van der Waals surface area contributed by atoms with Gasteiger partial charge in [-0.05, 0) is 31.4 Å². The normalized spacial score (nSPS) is 15.7.